The number of fused-ring (bicyclic) bond motifs is 2. The lowest BCUT2D eigenvalue weighted by atomic mass is 9.67. The molecule has 2 unspecified atom stereocenters. The van der Waals surface area contributed by atoms with Crippen LogP contribution in [0.1, 0.15) is 46.0 Å². The average molecular weight is 267 g/mol. The van der Waals surface area contributed by atoms with Crippen LogP contribution < -0.4 is 11.1 Å². The van der Waals surface area contributed by atoms with E-state index in [4.69, 9.17) is 5.73 Å². The van der Waals surface area contributed by atoms with E-state index in [1.54, 1.807) is 0 Å². The Hall–Kier alpha value is -0.610. The van der Waals surface area contributed by atoms with Gasteiger partial charge in [-0.1, -0.05) is 6.42 Å². The lowest BCUT2D eigenvalue weighted by Gasteiger charge is -2.45. The Balaban J connectivity index is 1.89. The van der Waals surface area contributed by atoms with Crippen LogP contribution in [0.2, 0.25) is 0 Å². The summed E-state index contributed by atoms with van der Waals surface area (Å²) in [6, 6.07) is 1.13. The number of nitrogens with two attached hydrogens (primary N) is 1. The van der Waals surface area contributed by atoms with Gasteiger partial charge in [-0.2, -0.15) is 0 Å². The molecule has 1 amide bonds. The van der Waals surface area contributed by atoms with Crippen molar-refractivity contribution in [2.75, 3.05) is 13.6 Å². The van der Waals surface area contributed by atoms with Crippen LogP contribution in [0, 0.1) is 11.8 Å². The number of rotatable bonds is 4. The molecule has 2 saturated carbocycles. The Morgan fingerprint density at radius 3 is 2.42 bits per heavy atom. The smallest absolute Gasteiger partial charge is 0.234 e. The van der Waals surface area contributed by atoms with E-state index in [0.717, 1.165) is 12.8 Å². The summed E-state index contributed by atoms with van der Waals surface area (Å²) in [5.41, 5.74) is 6.12. The third-order valence-electron chi connectivity index (χ3n) is 4.98. The summed E-state index contributed by atoms with van der Waals surface area (Å²) in [4.78, 5) is 14.2. The molecule has 0 saturated heterocycles. The van der Waals surface area contributed by atoms with Crippen molar-refractivity contribution in [3.8, 4) is 0 Å². The van der Waals surface area contributed by atoms with Gasteiger partial charge in [0.25, 0.3) is 0 Å². The summed E-state index contributed by atoms with van der Waals surface area (Å²) in [5.74, 6) is 1.39. The highest BCUT2D eigenvalue weighted by atomic mass is 16.2. The summed E-state index contributed by atoms with van der Waals surface area (Å²) in [5, 5.41) is 3.29. The molecule has 0 aromatic rings. The molecular formula is C15H29N3O. The topological polar surface area (TPSA) is 58.4 Å². The van der Waals surface area contributed by atoms with Gasteiger partial charge >= 0.3 is 0 Å². The highest BCUT2D eigenvalue weighted by molar-refractivity contribution is 5.78. The van der Waals surface area contributed by atoms with E-state index in [1.165, 1.54) is 19.3 Å². The molecule has 0 aliphatic heterocycles. The summed E-state index contributed by atoms with van der Waals surface area (Å²) >= 11 is 0. The Morgan fingerprint density at radius 2 is 1.89 bits per heavy atom. The minimum Gasteiger partial charge on any atom is -0.352 e. The van der Waals surface area contributed by atoms with Crippen molar-refractivity contribution >= 4 is 5.91 Å². The molecule has 2 atom stereocenters. The molecule has 4 nitrogen and oxygen atoms in total. The standard InChI is InChI=1S/C15H29N3O/c1-10(2)18(3)9-14(19)17-15-11-5-4-6-12(15)8-13(16)7-11/h10-13,15H,4-9,16H2,1-3H3,(H,17,19). The number of hydrogen-bond donors (Lipinski definition) is 2. The van der Waals surface area contributed by atoms with Gasteiger partial charge in [0.05, 0.1) is 6.54 Å². The summed E-state index contributed by atoms with van der Waals surface area (Å²) in [6.07, 6.45) is 5.94. The van der Waals surface area contributed by atoms with Crippen LogP contribution in [-0.4, -0.2) is 42.5 Å². The second kappa shape index (κ2) is 6.23. The zero-order chi connectivity index (χ0) is 14.0. The maximum atomic E-state index is 12.2. The second-order valence-electron chi connectivity index (χ2n) is 6.78. The van der Waals surface area contributed by atoms with Crippen molar-refractivity contribution in [3.05, 3.63) is 0 Å². The molecule has 2 fully saturated rings. The van der Waals surface area contributed by atoms with Crippen LogP contribution in [0.25, 0.3) is 0 Å². The highest BCUT2D eigenvalue weighted by Crippen LogP contribution is 2.39. The minimum absolute atomic E-state index is 0.175. The highest BCUT2D eigenvalue weighted by Gasteiger charge is 2.39. The van der Waals surface area contributed by atoms with Gasteiger partial charge in [-0.05, 0) is 58.4 Å². The van der Waals surface area contributed by atoms with Crippen LogP contribution in [0.5, 0.6) is 0 Å². The number of nitrogens with one attached hydrogen (secondary N) is 1. The maximum Gasteiger partial charge on any atom is 0.234 e. The molecule has 2 aliphatic rings. The summed E-state index contributed by atoms with van der Waals surface area (Å²) in [6.45, 7) is 4.73. The monoisotopic (exact) mass is 267 g/mol. The van der Waals surface area contributed by atoms with E-state index in [-0.39, 0.29) is 5.91 Å². The molecule has 2 bridgehead atoms. The average Bonchev–Trinajstić information content (AvgIpc) is 2.30. The Bertz CT molecular complexity index is 305. The van der Waals surface area contributed by atoms with Crippen LogP contribution in [0.4, 0.5) is 0 Å². The first kappa shape index (κ1) is 14.8. The largest absolute Gasteiger partial charge is 0.352 e. The normalized spacial score (nSPS) is 34.6. The van der Waals surface area contributed by atoms with Crippen molar-refractivity contribution in [2.45, 2.75) is 64.1 Å². The predicted octanol–water partition coefficient (Wildman–Crippen LogP) is 1.35. The third-order valence-corrected chi connectivity index (χ3v) is 4.98. The van der Waals surface area contributed by atoms with Gasteiger partial charge in [-0.3, -0.25) is 9.69 Å². The lowest BCUT2D eigenvalue weighted by Crippen LogP contribution is -2.55. The van der Waals surface area contributed by atoms with E-state index in [2.05, 4.69) is 24.1 Å². The van der Waals surface area contributed by atoms with E-state index in [0.29, 0.717) is 36.5 Å². The molecule has 19 heavy (non-hydrogen) atoms. The number of nitrogens with zero attached hydrogens (tertiary/aromatic N) is 1. The van der Waals surface area contributed by atoms with E-state index in [1.807, 2.05) is 7.05 Å². The predicted molar refractivity (Wildman–Crippen MR) is 77.7 cm³/mol. The maximum absolute atomic E-state index is 12.2. The summed E-state index contributed by atoms with van der Waals surface area (Å²) in [7, 11) is 2.00. The van der Waals surface area contributed by atoms with Gasteiger partial charge < -0.3 is 11.1 Å². The molecule has 4 heteroatoms. The van der Waals surface area contributed by atoms with E-state index >= 15 is 0 Å². The molecule has 3 N–H and O–H groups in total. The Labute approximate surface area is 117 Å². The zero-order valence-corrected chi connectivity index (χ0v) is 12.6. The van der Waals surface area contributed by atoms with Crippen LogP contribution in [-0.2, 0) is 4.79 Å². The van der Waals surface area contributed by atoms with Gasteiger partial charge in [-0.25, -0.2) is 0 Å². The first-order chi connectivity index (χ1) is 8.97. The molecule has 110 valence electrons. The zero-order valence-electron chi connectivity index (χ0n) is 12.6. The fraction of sp³-hybridized carbons (Fsp3) is 0.933. The molecule has 0 aromatic heterocycles. The Kier molecular flexibility index (Phi) is 4.85. The van der Waals surface area contributed by atoms with Crippen molar-refractivity contribution < 1.29 is 4.79 Å². The van der Waals surface area contributed by atoms with Gasteiger partial charge in [0.1, 0.15) is 0 Å². The second-order valence-corrected chi connectivity index (χ2v) is 6.78. The first-order valence-corrected chi connectivity index (χ1v) is 7.72. The fourth-order valence-electron chi connectivity index (χ4n) is 3.67. The van der Waals surface area contributed by atoms with Crippen LogP contribution >= 0.6 is 0 Å². The van der Waals surface area contributed by atoms with Crippen molar-refractivity contribution in [1.82, 2.24) is 10.2 Å². The number of amides is 1. The number of hydrogen-bond acceptors (Lipinski definition) is 3. The van der Waals surface area contributed by atoms with Gasteiger partial charge in [-0.15, -0.1) is 0 Å². The SMILES string of the molecule is CC(C)N(C)CC(=O)NC1C2CCCC1CC(N)C2. The van der Waals surface area contributed by atoms with Gasteiger partial charge in [0.15, 0.2) is 0 Å². The molecule has 0 aromatic carbocycles. The Morgan fingerprint density at radius 1 is 1.32 bits per heavy atom. The van der Waals surface area contributed by atoms with Gasteiger partial charge in [0, 0.05) is 18.1 Å². The van der Waals surface area contributed by atoms with Crippen LogP contribution in [0.15, 0.2) is 0 Å². The number of carbonyl (C=O) groups is 1. The molecule has 0 spiro atoms. The molecular weight excluding hydrogens is 238 g/mol. The van der Waals surface area contributed by atoms with E-state index < -0.39 is 0 Å². The van der Waals surface area contributed by atoms with Crippen molar-refractivity contribution in [2.24, 2.45) is 17.6 Å². The third kappa shape index (κ3) is 3.69. The molecule has 2 rings (SSSR count). The van der Waals surface area contributed by atoms with Crippen molar-refractivity contribution in [1.29, 1.82) is 0 Å². The number of carbonyl (C=O) groups excluding carboxylic acids is 1. The molecule has 0 heterocycles. The number of likely N-dealkylation sites (N-methyl/N-ethyl adjacent to an activating group) is 1. The molecule has 0 radical (unpaired) electrons. The van der Waals surface area contributed by atoms with Gasteiger partial charge in [0.2, 0.25) is 5.91 Å². The lowest BCUT2D eigenvalue weighted by molar-refractivity contribution is -0.124. The van der Waals surface area contributed by atoms with Crippen molar-refractivity contribution in [3.63, 3.8) is 0 Å². The minimum atomic E-state index is 0.175. The fourth-order valence-corrected chi connectivity index (χ4v) is 3.67. The summed E-state index contributed by atoms with van der Waals surface area (Å²) < 4.78 is 0. The van der Waals surface area contributed by atoms with Crippen LogP contribution in [0.3, 0.4) is 0 Å². The quantitative estimate of drug-likeness (QED) is 0.808. The van der Waals surface area contributed by atoms with E-state index in [9.17, 15) is 4.79 Å². The first-order valence-electron chi connectivity index (χ1n) is 7.72. The molecule has 2 aliphatic carbocycles.